The topological polar surface area (TPSA) is 128 Å². The van der Waals surface area contributed by atoms with E-state index in [1.165, 1.54) is 0 Å². The van der Waals surface area contributed by atoms with E-state index in [2.05, 4.69) is 27.0 Å². The molecule has 156 valence electrons. The zero-order chi connectivity index (χ0) is 21.0. The summed E-state index contributed by atoms with van der Waals surface area (Å²) < 4.78 is 7.27. The summed E-state index contributed by atoms with van der Waals surface area (Å²) in [7, 11) is 3.70. The number of nitrogen functional groups attached to an aromatic ring is 2. The summed E-state index contributed by atoms with van der Waals surface area (Å²) in [5, 5.41) is 4.36. The summed E-state index contributed by atoms with van der Waals surface area (Å²) in [6, 6.07) is 5.52. The number of hydrogen-bond donors (Lipinski definition) is 2. The maximum absolute atomic E-state index is 12.9. The number of hydrogen-bond acceptors (Lipinski definition) is 8. The second-order valence-electron chi connectivity index (χ2n) is 8.36. The molecule has 3 aromatic rings. The Balaban J connectivity index is 1.37. The van der Waals surface area contributed by atoms with Crippen LogP contribution in [0.5, 0.6) is 5.75 Å². The molecule has 0 saturated carbocycles. The largest absolute Gasteiger partial charge is 0.496 e. The van der Waals surface area contributed by atoms with E-state index in [9.17, 15) is 4.79 Å². The first-order valence-electron chi connectivity index (χ1n) is 9.77. The smallest absolute Gasteiger partial charge is 0.254 e. The van der Waals surface area contributed by atoms with Gasteiger partial charge >= 0.3 is 0 Å². The zero-order valence-electron chi connectivity index (χ0n) is 17.0. The Morgan fingerprint density at radius 3 is 2.67 bits per heavy atom. The van der Waals surface area contributed by atoms with Crippen LogP contribution in [0.25, 0.3) is 11.0 Å². The van der Waals surface area contributed by atoms with Crippen molar-refractivity contribution in [1.29, 1.82) is 0 Å². The molecule has 10 heteroatoms. The molecule has 1 spiro atoms. The number of ether oxygens (including phenoxy) is 1. The zero-order valence-corrected chi connectivity index (χ0v) is 17.0. The van der Waals surface area contributed by atoms with Crippen LogP contribution < -0.4 is 16.2 Å². The lowest BCUT2D eigenvalue weighted by molar-refractivity contribution is -0.0872. The Kier molecular flexibility index (Phi) is 4.07. The van der Waals surface area contributed by atoms with Crippen LogP contribution in [0.4, 0.5) is 11.8 Å². The maximum Gasteiger partial charge on any atom is 0.254 e. The number of carbonyl (C=O) groups excluding carboxylic acids is 1. The molecule has 5 rings (SSSR count). The van der Waals surface area contributed by atoms with E-state index in [0.717, 1.165) is 31.7 Å². The van der Waals surface area contributed by atoms with Crippen LogP contribution >= 0.6 is 0 Å². The first-order chi connectivity index (χ1) is 14.4. The number of nitrogens with zero attached hydrogens (tertiary/aromatic N) is 6. The van der Waals surface area contributed by atoms with Gasteiger partial charge in [0.2, 0.25) is 5.95 Å². The lowest BCUT2D eigenvalue weighted by Gasteiger charge is -2.59. The molecule has 2 fully saturated rings. The van der Waals surface area contributed by atoms with Crippen molar-refractivity contribution in [3.8, 4) is 5.75 Å². The molecule has 10 nitrogen and oxygen atoms in total. The molecule has 2 aromatic heterocycles. The Morgan fingerprint density at radius 2 is 1.97 bits per heavy atom. The molecular weight excluding hydrogens is 384 g/mol. The van der Waals surface area contributed by atoms with E-state index in [0.29, 0.717) is 34.3 Å². The monoisotopic (exact) mass is 408 g/mol. The third-order valence-corrected chi connectivity index (χ3v) is 5.94. The molecule has 0 unspecified atom stereocenters. The highest BCUT2D eigenvalue weighted by Gasteiger charge is 2.51. The van der Waals surface area contributed by atoms with Crippen LogP contribution in [0.15, 0.2) is 24.4 Å². The van der Waals surface area contributed by atoms with Gasteiger partial charge in [-0.15, -0.1) is 0 Å². The van der Waals surface area contributed by atoms with Gasteiger partial charge < -0.3 is 26.0 Å². The molecule has 0 bridgehead atoms. The Hall–Kier alpha value is -3.40. The SMILES string of the molecule is COc1cc(C(=O)N2CC3(CN(C)C3)C2)ccc1Cn1ncc2nc(N)nc(N)c21. The van der Waals surface area contributed by atoms with E-state index in [-0.39, 0.29) is 17.7 Å². The van der Waals surface area contributed by atoms with Gasteiger partial charge in [-0.2, -0.15) is 10.1 Å². The Morgan fingerprint density at radius 1 is 1.20 bits per heavy atom. The number of rotatable bonds is 4. The molecule has 1 amide bonds. The Bertz CT molecular complexity index is 1140. The van der Waals surface area contributed by atoms with Crippen LogP contribution in [-0.2, 0) is 6.54 Å². The van der Waals surface area contributed by atoms with E-state index < -0.39 is 0 Å². The summed E-state index contributed by atoms with van der Waals surface area (Å²) >= 11 is 0. The number of methoxy groups -OCH3 is 1. The van der Waals surface area contributed by atoms with E-state index in [1.54, 1.807) is 24.1 Å². The number of nitrogens with two attached hydrogens (primary N) is 2. The molecule has 1 aromatic carbocycles. The normalized spacial score (nSPS) is 17.7. The number of amides is 1. The van der Waals surface area contributed by atoms with Gasteiger partial charge in [0.15, 0.2) is 5.82 Å². The fourth-order valence-electron chi connectivity index (χ4n) is 4.72. The van der Waals surface area contributed by atoms with Crippen LogP contribution in [0.2, 0.25) is 0 Å². The van der Waals surface area contributed by atoms with Gasteiger partial charge in [-0.05, 0) is 19.2 Å². The predicted molar refractivity (Wildman–Crippen MR) is 112 cm³/mol. The molecule has 2 saturated heterocycles. The van der Waals surface area contributed by atoms with Crippen molar-refractivity contribution in [3.05, 3.63) is 35.5 Å². The lowest BCUT2D eigenvalue weighted by Crippen LogP contribution is -2.72. The van der Waals surface area contributed by atoms with E-state index in [1.807, 2.05) is 17.0 Å². The molecule has 4 N–H and O–H groups in total. The van der Waals surface area contributed by atoms with Crippen molar-refractivity contribution in [2.24, 2.45) is 5.41 Å². The first kappa shape index (κ1) is 18.6. The number of carbonyl (C=O) groups is 1. The van der Waals surface area contributed by atoms with Gasteiger partial charge in [-0.1, -0.05) is 6.07 Å². The van der Waals surface area contributed by atoms with Gasteiger partial charge in [0.25, 0.3) is 5.91 Å². The number of aromatic nitrogens is 4. The minimum atomic E-state index is 0.0395. The summed E-state index contributed by atoms with van der Waals surface area (Å²) in [4.78, 5) is 25.2. The number of fused-ring (bicyclic) bond motifs is 1. The molecule has 0 aliphatic carbocycles. The van der Waals surface area contributed by atoms with Crippen LogP contribution in [0.1, 0.15) is 15.9 Å². The summed E-state index contributed by atoms with van der Waals surface area (Å²) in [5.41, 5.74) is 14.7. The van der Waals surface area contributed by atoms with Gasteiger partial charge in [0.1, 0.15) is 16.8 Å². The average molecular weight is 408 g/mol. The first-order valence-corrected chi connectivity index (χ1v) is 9.77. The van der Waals surface area contributed by atoms with Crippen LogP contribution in [-0.4, -0.2) is 75.8 Å². The molecular formula is C20H24N8O2. The van der Waals surface area contributed by atoms with Crippen molar-refractivity contribution in [2.75, 3.05) is 51.8 Å². The highest BCUT2D eigenvalue weighted by Crippen LogP contribution is 2.39. The highest BCUT2D eigenvalue weighted by molar-refractivity contribution is 5.95. The van der Waals surface area contributed by atoms with Gasteiger partial charge in [-0.25, -0.2) is 4.98 Å². The fraction of sp³-hybridized carbons (Fsp3) is 0.400. The van der Waals surface area contributed by atoms with Gasteiger partial charge in [0, 0.05) is 42.7 Å². The van der Waals surface area contributed by atoms with E-state index in [4.69, 9.17) is 16.2 Å². The summed E-state index contributed by atoms with van der Waals surface area (Å²) in [6.07, 6.45) is 1.60. The Labute approximate surface area is 173 Å². The quantitative estimate of drug-likeness (QED) is 0.636. The third-order valence-electron chi connectivity index (χ3n) is 5.94. The molecule has 0 radical (unpaired) electrons. The summed E-state index contributed by atoms with van der Waals surface area (Å²) in [6.45, 7) is 4.17. The number of likely N-dealkylation sites (tertiary alicyclic amines) is 2. The van der Waals surface area contributed by atoms with Crippen molar-refractivity contribution < 1.29 is 9.53 Å². The molecule has 30 heavy (non-hydrogen) atoms. The van der Waals surface area contributed by atoms with Crippen LogP contribution in [0.3, 0.4) is 0 Å². The predicted octanol–water partition coefficient (Wildman–Crippen LogP) is 0.435. The average Bonchev–Trinajstić information content (AvgIpc) is 3.06. The number of anilines is 2. The van der Waals surface area contributed by atoms with Crippen molar-refractivity contribution >= 4 is 28.7 Å². The molecule has 2 aliphatic rings. The fourth-order valence-corrected chi connectivity index (χ4v) is 4.72. The van der Waals surface area contributed by atoms with Crippen molar-refractivity contribution in [2.45, 2.75) is 6.54 Å². The van der Waals surface area contributed by atoms with Gasteiger partial charge in [-0.3, -0.25) is 9.48 Å². The standard InChI is InChI=1S/C20H24N8O2/c1-26-8-20(9-26)10-27(11-20)18(29)12-3-4-13(15(5-12)30-2)7-28-16-14(6-23-28)24-19(22)25-17(16)21/h3-6H,7-11H2,1-2H3,(H4,21,22,24,25). The number of benzene rings is 1. The second kappa shape index (κ2) is 6.56. The molecule has 2 aliphatic heterocycles. The highest BCUT2D eigenvalue weighted by atomic mass is 16.5. The van der Waals surface area contributed by atoms with Crippen molar-refractivity contribution in [3.63, 3.8) is 0 Å². The third kappa shape index (κ3) is 2.91. The minimum absolute atomic E-state index is 0.0395. The van der Waals surface area contributed by atoms with Gasteiger partial charge in [0.05, 0.1) is 19.9 Å². The summed E-state index contributed by atoms with van der Waals surface area (Å²) in [5.74, 6) is 1.05. The maximum atomic E-state index is 12.9. The van der Waals surface area contributed by atoms with Crippen molar-refractivity contribution in [1.82, 2.24) is 29.5 Å². The lowest BCUT2D eigenvalue weighted by atomic mass is 9.73. The molecule has 0 atom stereocenters. The molecule has 4 heterocycles. The van der Waals surface area contributed by atoms with E-state index >= 15 is 0 Å². The second-order valence-corrected chi connectivity index (χ2v) is 8.36. The van der Waals surface area contributed by atoms with Crippen LogP contribution in [0, 0.1) is 5.41 Å². The minimum Gasteiger partial charge on any atom is -0.496 e.